The van der Waals surface area contributed by atoms with Gasteiger partial charge in [-0.3, -0.25) is 9.89 Å². The Morgan fingerprint density at radius 2 is 2.17 bits per heavy atom. The topological polar surface area (TPSA) is 97.7 Å². The highest BCUT2D eigenvalue weighted by atomic mass is 16.5. The fraction of sp³-hybridized carbons (Fsp3) is 0.250. The summed E-state index contributed by atoms with van der Waals surface area (Å²) in [7, 11) is 3.43. The number of H-pyrrole nitrogens is 1. The van der Waals surface area contributed by atoms with Crippen molar-refractivity contribution in [3.05, 3.63) is 48.2 Å². The number of aryl methyl sites for hydroxylation is 1. The normalized spacial score (nSPS) is 12.0. The third kappa shape index (κ3) is 2.98. The van der Waals surface area contributed by atoms with Crippen molar-refractivity contribution in [3.63, 3.8) is 0 Å². The van der Waals surface area contributed by atoms with Crippen LogP contribution in [0.25, 0.3) is 11.3 Å². The maximum atomic E-state index is 12.4. The monoisotopic (exact) mass is 326 g/mol. The van der Waals surface area contributed by atoms with E-state index in [9.17, 15) is 4.79 Å². The number of ether oxygens (including phenoxy) is 1. The second-order valence-corrected chi connectivity index (χ2v) is 5.36. The van der Waals surface area contributed by atoms with Crippen LogP contribution in [0.1, 0.15) is 29.3 Å². The van der Waals surface area contributed by atoms with Crippen LogP contribution in [0.3, 0.4) is 0 Å². The molecule has 8 nitrogen and oxygen atoms in total. The van der Waals surface area contributed by atoms with Gasteiger partial charge in [0.1, 0.15) is 17.8 Å². The minimum absolute atomic E-state index is 0.265. The minimum atomic E-state index is -0.275. The van der Waals surface area contributed by atoms with Gasteiger partial charge >= 0.3 is 0 Å². The highest BCUT2D eigenvalue weighted by Gasteiger charge is 2.18. The number of aromatic amines is 1. The van der Waals surface area contributed by atoms with E-state index in [0.717, 1.165) is 5.56 Å². The van der Waals surface area contributed by atoms with Gasteiger partial charge in [0.05, 0.1) is 18.8 Å². The number of benzene rings is 1. The molecule has 1 unspecified atom stereocenters. The van der Waals surface area contributed by atoms with Gasteiger partial charge in [0.2, 0.25) is 0 Å². The number of methoxy groups -OCH3 is 1. The van der Waals surface area contributed by atoms with Crippen molar-refractivity contribution in [1.82, 2.24) is 30.3 Å². The smallest absolute Gasteiger partial charge is 0.269 e. The van der Waals surface area contributed by atoms with Gasteiger partial charge in [0, 0.05) is 12.6 Å². The molecule has 0 spiro atoms. The molecule has 1 atom stereocenters. The van der Waals surface area contributed by atoms with Gasteiger partial charge in [-0.1, -0.05) is 12.1 Å². The van der Waals surface area contributed by atoms with E-state index in [1.807, 2.05) is 38.2 Å². The quantitative estimate of drug-likeness (QED) is 0.744. The Balaban J connectivity index is 1.78. The van der Waals surface area contributed by atoms with Crippen molar-refractivity contribution in [1.29, 1.82) is 0 Å². The molecule has 0 aliphatic carbocycles. The van der Waals surface area contributed by atoms with Gasteiger partial charge in [-0.15, -0.1) is 10.2 Å². The lowest BCUT2D eigenvalue weighted by molar-refractivity contribution is 0.0932. The number of nitrogens with zero attached hydrogens (tertiary/aromatic N) is 4. The zero-order chi connectivity index (χ0) is 17.1. The van der Waals surface area contributed by atoms with Gasteiger partial charge in [-0.05, 0) is 25.1 Å². The standard InChI is InChI=1S/C16H18N6O2/c1-10(15-21-17-9-22(15)2)18-16(23)13-8-12(19-20-13)11-6-4-5-7-14(11)24-3/h4-10H,1-3H3,(H,18,23)(H,19,20). The summed E-state index contributed by atoms with van der Waals surface area (Å²) in [4.78, 5) is 12.4. The zero-order valence-electron chi connectivity index (χ0n) is 13.6. The zero-order valence-corrected chi connectivity index (χ0v) is 13.6. The first kappa shape index (κ1) is 15.7. The number of rotatable bonds is 5. The molecule has 2 N–H and O–H groups in total. The average Bonchev–Trinajstić information content (AvgIpc) is 3.23. The fourth-order valence-electron chi connectivity index (χ4n) is 2.46. The molecule has 3 aromatic rings. The van der Waals surface area contributed by atoms with Crippen LogP contribution in [0.4, 0.5) is 0 Å². The average molecular weight is 326 g/mol. The van der Waals surface area contributed by atoms with Crippen LogP contribution < -0.4 is 10.1 Å². The Kier molecular flexibility index (Phi) is 4.28. The molecule has 0 fully saturated rings. The number of aromatic nitrogens is 5. The van der Waals surface area contributed by atoms with Gasteiger partial charge in [0.15, 0.2) is 5.82 Å². The van der Waals surface area contributed by atoms with Crippen molar-refractivity contribution in [2.45, 2.75) is 13.0 Å². The SMILES string of the molecule is COc1ccccc1-c1cc(C(=O)NC(C)c2nncn2C)[nH]n1. The lowest BCUT2D eigenvalue weighted by Gasteiger charge is -2.11. The van der Waals surface area contributed by atoms with Crippen LogP contribution in [-0.4, -0.2) is 38.0 Å². The molecule has 0 aliphatic heterocycles. The number of carbonyl (C=O) groups excluding carboxylic acids is 1. The predicted molar refractivity (Wildman–Crippen MR) is 87.5 cm³/mol. The molecule has 3 rings (SSSR count). The maximum absolute atomic E-state index is 12.4. The molecule has 24 heavy (non-hydrogen) atoms. The van der Waals surface area contributed by atoms with E-state index in [0.29, 0.717) is 23.0 Å². The van der Waals surface area contributed by atoms with Crippen molar-refractivity contribution in [2.75, 3.05) is 7.11 Å². The van der Waals surface area contributed by atoms with E-state index < -0.39 is 0 Å². The van der Waals surface area contributed by atoms with Crippen LogP contribution in [0.15, 0.2) is 36.7 Å². The highest BCUT2D eigenvalue weighted by molar-refractivity contribution is 5.93. The Morgan fingerprint density at radius 3 is 2.88 bits per heavy atom. The first-order valence-corrected chi connectivity index (χ1v) is 7.43. The highest BCUT2D eigenvalue weighted by Crippen LogP contribution is 2.28. The Labute approximate surface area is 138 Å². The number of hydrogen-bond donors (Lipinski definition) is 2. The Bertz CT molecular complexity index is 854. The molecule has 2 aromatic heterocycles. The minimum Gasteiger partial charge on any atom is -0.496 e. The van der Waals surface area contributed by atoms with Crippen LogP contribution in [-0.2, 0) is 7.05 Å². The van der Waals surface area contributed by atoms with Gasteiger partial charge < -0.3 is 14.6 Å². The van der Waals surface area contributed by atoms with E-state index >= 15 is 0 Å². The molecule has 0 bridgehead atoms. The fourth-order valence-corrected chi connectivity index (χ4v) is 2.46. The Hall–Kier alpha value is -3.16. The Morgan fingerprint density at radius 1 is 1.38 bits per heavy atom. The molecule has 1 amide bonds. The number of carbonyl (C=O) groups is 1. The molecule has 0 radical (unpaired) electrons. The summed E-state index contributed by atoms with van der Waals surface area (Å²) in [5.41, 5.74) is 1.82. The van der Waals surface area contributed by atoms with Gasteiger partial charge in [0.25, 0.3) is 5.91 Å². The summed E-state index contributed by atoms with van der Waals surface area (Å²) in [5.74, 6) is 1.11. The van der Waals surface area contributed by atoms with Crippen LogP contribution in [0.5, 0.6) is 5.75 Å². The molecule has 0 saturated heterocycles. The maximum Gasteiger partial charge on any atom is 0.269 e. The van der Waals surface area contributed by atoms with Crippen LogP contribution in [0.2, 0.25) is 0 Å². The lowest BCUT2D eigenvalue weighted by Crippen LogP contribution is -2.28. The summed E-state index contributed by atoms with van der Waals surface area (Å²) < 4.78 is 7.09. The van der Waals surface area contributed by atoms with Gasteiger partial charge in [-0.2, -0.15) is 5.10 Å². The van der Waals surface area contributed by atoms with E-state index in [-0.39, 0.29) is 11.9 Å². The van der Waals surface area contributed by atoms with Crippen molar-refractivity contribution in [2.24, 2.45) is 7.05 Å². The molecule has 0 saturated carbocycles. The first-order chi connectivity index (χ1) is 11.6. The number of para-hydroxylation sites is 1. The molecular weight excluding hydrogens is 308 g/mol. The first-order valence-electron chi connectivity index (χ1n) is 7.43. The second-order valence-electron chi connectivity index (χ2n) is 5.36. The molecule has 1 aromatic carbocycles. The van der Waals surface area contributed by atoms with Gasteiger partial charge in [-0.25, -0.2) is 0 Å². The largest absolute Gasteiger partial charge is 0.496 e. The number of hydrogen-bond acceptors (Lipinski definition) is 5. The molecule has 8 heteroatoms. The third-order valence-electron chi connectivity index (χ3n) is 3.69. The number of amides is 1. The summed E-state index contributed by atoms with van der Waals surface area (Å²) in [6, 6.07) is 8.92. The van der Waals surface area contributed by atoms with Crippen LogP contribution >= 0.6 is 0 Å². The number of nitrogens with one attached hydrogen (secondary N) is 2. The van der Waals surface area contributed by atoms with Crippen molar-refractivity contribution < 1.29 is 9.53 Å². The van der Waals surface area contributed by atoms with E-state index in [4.69, 9.17) is 4.74 Å². The van der Waals surface area contributed by atoms with E-state index in [1.54, 1.807) is 24.1 Å². The molecule has 0 aliphatic rings. The van der Waals surface area contributed by atoms with E-state index in [1.165, 1.54) is 0 Å². The lowest BCUT2D eigenvalue weighted by atomic mass is 10.1. The predicted octanol–water partition coefficient (Wildman–Crippen LogP) is 1.70. The van der Waals surface area contributed by atoms with Crippen molar-refractivity contribution >= 4 is 5.91 Å². The van der Waals surface area contributed by atoms with Crippen molar-refractivity contribution in [3.8, 4) is 17.0 Å². The third-order valence-corrected chi connectivity index (χ3v) is 3.69. The molecular formula is C16H18N6O2. The van der Waals surface area contributed by atoms with E-state index in [2.05, 4.69) is 25.7 Å². The molecule has 2 heterocycles. The molecule has 124 valence electrons. The summed E-state index contributed by atoms with van der Waals surface area (Å²) in [6.45, 7) is 1.85. The second kappa shape index (κ2) is 6.53. The van der Waals surface area contributed by atoms with Crippen LogP contribution in [0, 0.1) is 0 Å². The summed E-state index contributed by atoms with van der Waals surface area (Å²) in [6.07, 6.45) is 1.59. The summed E-state index contributed by atoms with van der Waals surface area (Å²) >= 11 is 0. The summed E-state index contributed by atoms with van der Waals surface area (Å²) in [5, 5.41) is 17.6.